The number of hydrogen-bond acceptors (Lipinski definition) is 5. The number of benzene rings is 1. The van der Waals surface area contributed by atoms with Gasteiger partial charge in [-0.2, -0.15) is 0 Å². The summed E-state index contributed by atoms with van der Waals surface area (Å²) in [5, 5.41) is 0. The Morgan fingerprint density at radius 3 is 2.83 bits per heavy atom. The maximum Gasteiger partial charge on any atom is 0.410 e. The lowest BCUT2D eigenvalue weighted by molar-refractivity contribution is 0.0265. The number of hydrogen-bond donors (Lipinski definition) is 1. The van der Waals surface area contributed by atoms with Gasteiger partial charge in [0.05, 0.1) is 12.2 Å². The molecule has 0 spiro atoms. The smallest absolute Gasteiger partial charge is 0.410 e. The van der Waals surface area contributed by atoms with Gasteiger partial charge in [0, 0.05) is 31.4 Å². The summed E-state index contributed by atoms with van der Waals surface area (Å²) in [5.74, 6) is 0.802. The first kappa shape index (κ1) is 17.2. The van der Waals surface area contributed by atoms with E-state index >= 15 is 0 Å². The second-order valence-electron chi connectivity index (χ2n) is 6.62. The molecule has 0 radical (unpaired) electrons. The molecule has 0 fully saturated rings. The highest BCUT2D eigenvalue weighted by molar-refractivity contribution is 5.68. The van der Waals surface area contributed by atoms with E-state index in [1.165, 1.54) is 0 Å². The van der Waals surface area contributed by atoms with Gasteiger partial charge < -0.3 is 25.0 Å². The van der Waals surface area contributed by atoms with E-state index < -0.39 is 5.60 Å². The fraction of sp³-hybridized carbons (Fsp3) is 0.588. The van der Waals surface area contributed by atoms with Gasteiger partial charge >= 0.3 is 6.09 Å². The Morgan fingerprint density at radius 1 is 1.43 bits per heavy atom. The minimum absolute atomic E-state index is 0.272. The maximum absolute atomic E-state index is 12.2. The molecule has 6 heteroatoms. The number of likely N-dealkylation sites (N-methyl/N-ethyl adjacent to an activating group) is 1. The standard InChI is InChI=1S/C17H27N3O3/c1-5-19(16(21)23-17(2,3)4)8-9-20-10-11-22-15-12-13(18)6-7-14(15)20/h6-7,12H,5,8-11,18H2,1-4H3. The monoisotopic (exact) mass is 321 g/mol. The highest BCUT2D eigenvalue weighted by Crippen LogP contribution is 2.33. The van der Waals surface area contributed by atoms with E-state index in [0.29, 0.717) is 25.4 Å². The van der Waals surface area contributed by atoms with E-state index in [0.717, 1.165) is 24.5 Å². The number of carbonyl (C=O) groups is 1. The van der Waals surface area contributed by atoms with E-state index in [4.69, 9.17) is 15.2 Å². The zero-order chi connectivity index (χ0) is 17.0. The molecule has 0 aromatic heterocycles. The number of ether oxygens (including phenoxy) is 2. The van der Waals surface area contributed by atoms with Crippen LogP contribution in [0, 0.1) is 0 Å². The average molecular weight is 321 g/mol. The molecule has 2 N–H and O–H groups in total. The molecule has 1 aliphatic heterocycles. The van der Waals surface area contributed by atoms with Gasteiger partial charge in [-0.1, -0.05) is 0 Å². The van der Waals surface area contributed by atoms with Crippen LogP contribution in [0.3, 0.4) is 0 Å². The summed E-state index contributed by atoms with van der Waals surface area (Å²) in [6.45, 7) is 11.0. The van der Waals surface area contributed by atoms with Crippen LogP contribution in [-0.2, 0) is 4.74 Å². The van der Waals surface area contributed by atoms with Gasteiger partial charge in [-0.05, 0) is 39.8 Å². The minimum atomic E-state index is -0.479. The molecular formula is C17H27N3O3. The molecule has 1 aromatic rings. The first-order chi connectivity index (χ1) is 10.8. The van der Waals surface area contributed by atoms with Gasteiger partial charge in [0.15, 0.2) is 0 Å². The largest absolute Gasteiger partial charge is 0.489 e. The van der Waals surface area contributed by atoms with Gasteiger partial charge in [-0.25, -0.2) is 4.79 Å². The summed E-state index contributed by atoms with van der Waals surface area (Å²) in [5.41, 5.74) is 7.03. The van der Waals surface area contributed by atoms with E-state index in [1.807, 2.05) is 45.9 Å². The molecule has 1 aliphatic rings. The van der Waals surface area contributed by atoms with Gasteiger partial charge in [0.25, 0.3) is 0 Å². The Bertz CT molecular complexity index is 555. The van der Waals surface area contributed by atoms with Crippen LogP contribution in [0.25, 0.3) is 0 Å². The fourth-order valence-corrected chi connectivity index (χ4v) is 2.47. The third-order valence-electron chi connectivity index (χ3n) is 3.62. The van der Waals surface area contributed by atoms with Crippen LogP contribution in [-0.4, -0.2) is 49.4 Å². The van der Waals surface area contributed by atoms with Crippen molar-refractivity contribution in [2.45, 2.75) is 33.3 Å². The van der Waals surface area contributed by atoms with Crippen molar-refractivity contribution in [1.29, 1.82) is 0 Å². The van der Waals surface area contributed by atoms with Crippen LogP contribution >= 0.6 is 0 Å². The Balaban J connectivity index is 1.99. The molecular weight excluding hydrogens is 294 g/mol. The van der Waals surface area contributed by atoms with Crippen molar-refractivity contribution in [3.8, 4) is 5.75 Å². The summed E-state index contributed by atoms with van der Waals surface area (Å²) in [4.78, 5) is 16.1. The van der Waals surface area contributed by atoms with E-state index in [-0.39, 0.29) is 6.09 Å². The lowest BCUT2D eigenvalue weighted by Gasteiger charge is -2.33. The summed E-state index contributed by atoms with van der Waals surface area (Å²) in [6, 6.07) is 5.67. The summed E-state index contributed by atoms with van der Waals surface area (Å²) >= 11 is 0. The summed E-state index contributed by atoms with van der Waals surface area (Å²) in [7, 11) is 0. The first-order valence-corrected chi connectivity index (χ1v) is 8.05. The maximum atomic E-state index is 12.2. The Kier molecular flexibility index (Phi) is 5.23. The van der Waals surface area contributed by atoms with Gasteiger partial charge in [0.1, 0.15) is 18.0 Å². The van der Waals surface area contributed by atoms with Crippen LogP contribution in [0.5, 0.6) is 5.75 Å². The third-order valence-corrected chi connectivity index (χ3v) is 3.62. The molecule has 0 aliphatic carbocycles. The highest BCUT2D eigenvalue weighted by Gasteiger charge is 2.23. The SMILES string of the molecule is CCN(CCN1CCOc2cc(N)ccc21)C(=O)OC(C)(C)C. The first-order valence-electron chi connectivity index (χ1n) is 8.05. The predicted molar refractivity (Wildman–Crippen MR) is 92.0 cm³/mol. The number of fused-ring (bicyclic) bond motifs is 1. The Morgan fingerprint density at radius 2 is 2.17 bits per heavy atom. The number of amides is 1. The molecule has 1 amide bonds. The van der Waals surface area contributed by atoms with Crippen LogP contribution < -0.4 is 15.4 Å². The molecule has 1 heterocycles. The van der Waals surface area contributed by atoms with E-state index in [2.05, 4.69) is 4.90 Å². The fourth-order valence-electron chi connectivity index (χ4n) is 2.47. The van der Waals surface area contributed by atoms with Crippen LogP contribution in [0.1, 0.15) is 27.7 Å². The van der Waals surface area contributed by atoms with Crippen molar-refractivity contribution in [2.75, 3.05) is 43.4 Å². The van der Waals surface area contributed by atoms with Gasteiger partial charge in [-0.15, -0.1) is 0 Å². The van der Waals surface area contributed by atoms with Crippen molar-refractivity contribution in [3.63, 3.8) is 0 Å². The normalized spacial score (nSPS) is 14.0. The molecule has 0 bridgehead atoms. The van der Waals surface area contributed by atoms with Crippen molar-refractivity contribution in [2.24, 2.45) is 0 Å². The van der Waals surface area contributed by atoms with Crippen molar-refractivity contribution < 1.29 is 14.3 Å². The number of nitrogen functional groups attached to an aromatic ring is 1. The van der Waals surface area contributed by atoms with Crippen molar-refractivity contribution in [3.05, 3.63) is 18.2 Å². The molecule has 128 valence electrons. The number of rotatable bonds is 4. The minimum Gasteiger partial charge on any atom is -0.489 e. The molecule has 6 nitrogen and oxygen atoms in total. The number of carbonyl (C=O) groups excluding carboxylic acids is 1. The lowest BCUT2D eigenvalue weighted by Crippen LogP contribution is -2.43. The lowest BCUT2D eigenvalue weighted by atomic mass is 10.2. The molecule has 0 saturated heterocycles. The van der Waals surface area contributed by atoms with E-state index in [9.17, 15) is 4.79 Å². The predicted octanol–water partition coefficient (Wildman–Crippen LogP) is 2.72. The van der Waals surface area contributed by atoms with Crippen molar-refractivity contribution in [1.82, 2.24) is 4.90 Å². The van der Waals surface area contributed by atoms with Crippen LogP contribution in [0.15, 0.2) is 18.2 Å². The molecule has 23 heavy (non-hydrogen) atoms. The second-order valence-corrected chi connectivity index (χ2v) is 6.62. The van der Waals surface area contributed by atoms with Gasteiger partial charge in [0.2, 0.25) is 0 Å². The number of anilines is 2. The zero-order valence-corrected chi connectivity index (χ0v) is 14.5. The topological polar surface area (TPSA) is 68.0 Å². The highest BCUT2D eigenvalue weighted by atomic mass is 16.6. The van der Waals surface area contributed by atoms with E-state index in [1.54, 1.807) is 4.90 Å². The molecule has 2 rings (SSSR count). The average Bonchev–Trinajstić information content (AvgIpc) is 2.45. The van der Waals surface area contributed by atoms with Crippen LogP contribution in [0.4, 0.5) is 16.2 Å². The number of nitrogens with two attached hydrogens (primary N) is 1. The molecule has 1 aromatic carbocycles. The zero-order valence-electron chi connectivity index (χ0n) is 14.5. The second kappa shape index (κ2) is 6.98. The van der Waals surface area contributed by atoms with Crippen LogP contribution in [0.2, 0.25) is 0 Å². The Hall–Kier alpha value is -2.11. The van der Waals surface area contributed by atoms with Gasteiger partial charge in [-0.3, -0.25) is 0 Å². The quantitative estimate of drug-likeness (QED) is 0.864. The third kappa shape index (κ3) is 4.68. The molecule has 0 atom stereocenters. The molecule has 0 unspecified atom stereocenters. The number of nitrogens with zero attached hydrogens (tertiary/aromatic N) is 2. The van der Waals surface area contributed by atoms with Crippen molar-refractivity contribution >= 4 is 17.5 Å². The molecule has 0 saturated carbocycles. The summed E-state index contributed by atoms with van der Waals surface area (Å²) < 4.78 is 11.1. The Labute approximate surface area is 138 Å². The summed E-state index contributed by atoms with van der Waals surface area (Å²) in [6.07, 6.45) is -0.272.